The highest BCUT2D eigenvalue weighted by Gasteiger charge is 2.30. The predicted molar refractivity (Wildman–Crippen MR) is 47.6 cm³/mol. The summed E-state index contributed by atoms with van der Waals surface area (Å²) in [6.45, 7) is 4.59. The van der Waals surface area contributed by atoms with Crippen molar-refractivity contribution in [2.24, 2.45) is 22.7 Å². The van der Waals surface area contributed by atoms with Gasteiger partial charge in [-0.2, -0.15) is 5.10 Å². The van der Waals surface area contributed by atoms with E-state index in [4.69, 9.17) is 5.73 Å². The Morgan fingerprint density at radius 2 is 2.33 bits per heavy atom. The number of hydrazone groups is 1. The van der Waals surface area contributed by atoms with E-state index in [1.54, 1.807) is 0 Å². The van der Waals surface area contributed by atoms with Gasteiger partial charge in [-0.15, -0.1) is 0 Å². The molecule has 1 aliphatic rings. The molecule has 0 bridgehead atoms. The number of carbonyl (C=O) groups excluding carboxylic acids is 1. The Balaban J connectivity index is 2.67. The molecule has 0 aromatic heterocycles. The van der Waals surface area contributed by atoms with E-state index in [-0.39, 0.29) is 11.8 Å². The average molecular weight is 169 g/mol. The van der Waals surface area contributed by atoms with Crippen molar-refractivity contribution in [2.75, 3.05) is 6.54 Å². The maximum absolute atomic E-state index is 11.2. The molecule has 0 aromatic carbocycles. The number of amides is 1. The second-order valence-electron chi connectivity index (χ2n) is 3.30. The fraction of sp³-hybridized carbons (Fsp3) is 0.750. The van der Waals surface area contributed by atoms with Crippen LogP contribution < -0.4 is 11.2 Å². The lowest BCUT2D eigenvalue weighted by molar-refractivity contribution is -0.122. The third kappa shape index (κ3) is 1.64. The first-order valence-corrected chi connectivity index (χ1v) is 4.24. The van der Waals surface area contributed by atoms with Crippen molar-refractivity contribution < 1.29 is 4.79 Å². The summed E-state index contributed by atoms with van der Waals surface area (Å²) in [6.07, 6.45) is 0.697. The van der Waals surface area contributed by atoms with Crippen LogP contribution in [-0.4, -0.2) is 18.2 Å². The van der Waals surface area contributed by atoms with Crippen LogP contribution in [0.25, 0.3) is 0 Å². The van der Waals surface area contributed by atoms with Crippen LogP contribution in [0.3, 0.4) is 0 Å². The van der Waals surface area contributed by atoms with E-state index in [0.29, 0.717) is 18.9 Å². The lowest BCUT2D eigenvalue weighted by Crippen LogP contribution is -2.27. The standard InChI is InChI=1S/C8H15N3O/c1-5(2)7-6(3-4-9)8(12)11-10-7/h5-6H,3-4,9H2,1-2H3,(H,11,12). The third-order valence-electron chi connectivity index (χ3n) is 2.02. The topological polar surface area (TPSA) is 67.5 Å². The molecule has 1 amide bonds. The summed E-state index contributed by atoms with van der Waals surface area (Å²) < 4.78 is 0. The van der Waals surface area contributed by atoms with Gasteiger partial charge in [-0.3, -0.25) is 4.79 Å². The second-order valence-corrected chi connectivity index (χ2v) is 3.30. The van der Waals surface area contributed by atoms with Crippen LogP contribution in [0, 0.1) is 11.8 Å². The van der Waals surface area contributed by atoms with Gasteiger partial charge in [0.25, 0.3) is 0 Å². The molecule has 1 atom stereocenters. The summed E-state index contributed by atoms with van der Waals surface area (Å²) in [4.78, 5) is 11.2. The molecule has 0 aromatic rings. The van der Waals surface area contributed by atoms with Gasteiger partial charge in [0.1, 0.15) is 0 Å². The Kier molecular flexibility index (Phi) is 2.81. The molecule has 0 saturated carbocycles. The minimum atomic E-state index is -0.0880. The summed E-state index contributed by atoms with van der Waals surface area (Å²) >= 11 is 0. The van der Waals surface area contributed by atoms with E-state index in [2.05, 4.69) is 10.5 Å². The Morgan fingerprint density at radius 3 is 2.83 bits per heavy atom. The van der Waals surface area contributed by atoms with Crippen LogP contribution in [0.15, 0.2) is 5.10 Å². The minimum absolute atomic E-state index is 0.0100. The van der Waals surface area contributed by atoms with Crippen LogP contribution in [0.4, 0.5) is 0 Å². The summed E-state index contributed by atoms with van der Waals surface area (Å²) in [5, 5.41) is 3.98. The van der Waals surface area contributed by atoms with Crippen molar-refractivity contribution in [3.8, 4) is 0 Å². The SMILES string of the molecule is CC(C)C1=NNC(=O)C1CCN. The fourth-order valence-electron chi connectivity index (χ4n) is 1.39. The van der Waals surface area contributed by atoms with Gasteiger partial charge in [-0.1, -0.05) is 13.8 Å². The summed E-state index contributed by atoms with van der Waals surface area (Å²) in [5.41, 5.74) is 8.81. The smallest absolute Gasteiger partial charge is 0.248 e. The molecule has 4 heteroatoms. The van der Waals surface area contributed by atoms with Crippen molar-refractivity contribution in [3.63, 3.8) is 0 Å². The molecule has 1 heterocycles. The molecular weight excluding hydrogens is 154 g/mol. The van der Waals surface area contributed by atoms with Crippen LogP contribution in [0.5, 0.6) is 0 Å². The molecule has 1 rings (SSSR count). The molecule has 68 valence electrons. The van der Waals surface area contributed by atoms with Crippen LogP contribution in [0.1, 0.15) is 20.3 Å². The number of rotatable bonds is 3. The first-order valence-electron chi connectivity index (χ1n) is 4.24. The van der Waals surface area contributed by atoms with E-state index in [9.17, 15) is 4.79 Å². The molecule has 1 unspecified atom stereocenters. The first kappa shape index (κ1) is 9.19. The number of nitrogens with two attached hydrogens (primary N) is 1. The van der Waals surface area contributed by atoms with Crippen molar-refractivity contribution in [1.29, 1.82) is 0 Å². The summed E-state index contributed by atoms with van der Waals surface area (Å²) in [5.74, 6) is 0.222. The molecule has 0 radical (unpaired) electrons. The number of nitrogens with one attached hydrogen (secondary N) is 1. The molecule has 4 nitrogen and oxygen atoms in total. The first-order chi connectivity index (χ1) is 5.66. The zero-order chi connectivity index (χ0) is 9.14. The monoisotopic (exact) mass is 169 g/mol. The van der Waals surface area contributed by atoms with Crippen LogP contribution in [-0.2, 0) is 4.79 Å². The van der Waals surface area contributed by atoms with Gasteiger partial charge in [-0.25, -0.2) is 5.43 Å². The van der Waals surface area contributed by atoms with Gasteiger partial charge < -0.3 is 5.73 Å². The van der Waals surface area contributed by atoms with Gasteiger partial charge in [-0.05, 0) is 18.9 Å². The molecule has 1 aliphatic heterocycles. The molecule has 3 N–H and O–H groups in total. The normalized spacial score (nSPS) is 22.8. The van der Waals surface area contributed by atoms with E-state index < -0.39 is 0 Å². The van der Waals surface area contributed by atoms with Crippen molar-refractivity contribution in [1.82, 2.24) is 5.43 Å². The lowest BCUT2D eigenvalue weighted by Gasteiger charge is -2.10. The lowest BCUT2D eigenvalue weighted by atomic mass is 9.92. The van der Waals surface area contributed by atoms with E-state index in [1.165, 1.54) is 0 Å². The highest BCUT2D eigenvalue weighted by Crippen LogP contribution is 2.16. The zero-order valence-electron chi connectivity index (χ0n) is 7.50. The molecule has 0 fully saturated rings. The predicted octanol–water partition coefficient (Wildman–Crippen LogP) is 0.0932. The highest BCUT2D eigenvalue weighted by atomic mass is 16.2. The molecule has 12 heavy (non-hydrogen) atoms. The molecule has 0 spiro atoms. The highest BCUT2D eigenvalue weighted by molar-refractivity contribution is 6.08. The Morgan fingerprint density at radius 1 is 1.67 bits per heavy atom. The maximum Gasteiger partial charge on any atom is 0.248 e. The van der Waals surface area contributed by atoms with Crippen molar-refractivity contribution in [2.45, 2.75) is 20.3 Å². The van der Waals surface area contributed by atoms with Crippen molar-refractivity contribution in [3.05, 3.63) is 0 Å². The van der Waals surface area contributed by atoms with Gasteiger partial charge in [0, 0.05) is 0 Å². The van der Waals surface area contributed by atoms with Crippen LogP contribution in [0.2, 0.25) is 0 Å². The number of carbonyl (C=O) groups is 1. The number of hydrogen-bond acceptors (Lipinski definition) is 3. The maximum atomic E-state index is 11.2. The average Bonchev–Trinajstić information content (AvgIpc) is 2.34. The summed E-state index contributed by atoms with van der Waals surface area (Å²) in [7, 11) is 0. The Hall–Kier alpha value is -0.900. The van der Waals surface area contributed by atoms with Gasteiger partial charge in [0.2, 0.25) is 5.91 Å². The van der Waals surface area contributed by atoms with E-state index >= 15 is 0 Å². The number of hydrogen-bond donors (Lipinski definition) is 2. The third-order valence-corrected chi connectivity index (χ3v) is 2.02. The minimum Gasteiger partial charge on any atom is -0.330 e. The molecule has 0 saturated heterocycles. The van der Waals surface area contributed by atoms with Gasteiger partial charge in [0.05, 0.1) is 11.6 Å². The Labute approximate surface area is 72.2 Å². The molecular formula is C8H15N3O. The summed E-state index contributed by atoms with van der Waals surface area (Å²) in [6, 6.07) is 0. The molecule has 0 aliphatic carbocycles. The fourth-order valence-corrected chi connectivity index (χ4v) is 1.39. The second kappa shape index (κ2) is 3.67. The van der Waals surface area contributed by atoms with Crippen molar-refractivity contribution >= 4 is 11.6 Å². The quantitative estimate of drug-likeness (QED) is 0.629. The van der Waals surface area contributed by atoms with Gasteiger partial charge in [0.15, 0.2) is 0 Å². The van der Waals surface area contributed by atoms with Gasteiger partial charge >= 0.3 is 0 Å². The van der Waals surface area contributed by atoms with E-state index in [0.717, 1.165) is 5.71 Å². The largest absolute Gasteiger partial charge is 0.330 e. The van der Waals surface area contributed by atoms with E-state index in [1.807, 2.05) is 13.8 Å². The Bertz CT molecular complexity index is 210. The van der Waals surface area contributed by atoms with Crippen LogP contribution >= 0.6 is 0 Å². The number of nitrogens with zero attached hydrogens (tertiary/aromatic N) is 1. The zero-order valence-corrected chi connectivity index (χ0v) is 7.50.